The predicted molar refractivity (Wildman–Crippen MR) is 119 cm³/mol. The van der Waals surface area contributed by atoms with Gasteiger partial charge in [-0.15, -0.1) is 0 Å². The van der Waals surface area contributed by atoms with Crippen LogP contribution in [0.5, 0.6) is 0 Å². The maximum Gasteiger partial charge on any atom is 0.243 e. The summed E-state index contributed by atoms with van der Waals surface area (Å²) in [6, 6.07) is 7.44. The molecule has 1 saturated heterocycles. The van der Waals surface area contributed by atoms with Crippen molar-refractivity contribution in [3.8, 4) is 0 Å². The smallest absolute Gasteiger partial charge is 0.243 e. The Bertz CT molecular complexity index is 1070. The van der Waals surface area contributed by atoms with Gasteiger partial charge >= 0.3 is 0 Å². The fourth-order valence-corrected chi connectivity index (χ4v) is 5.80. The Morgan fingerprint density at radius 1 is 1.03 bits per heavy atom. The zero-order valence-corrected chi connectivity index (χ0v) is 19.1. The average molecular weight is 431 g/mol. The molecule has 0 radical (unpaired) electrons. The molecule has 1 fully saturated rings. The van der Waals surface area contributed by atoms with E-state index in [0.717, 1.165) is 33.5 Å². The van der Waals surface area contributed by atoms with Gasteiger partial charge in [-0.05, 0) is 74.6 Å². The number of aryl methyl sites for hydroxylation is 3. The van der Waals surface area contributed by atoms with Crippen LogP contribution in [0.15, 0.2) is 29.2 Å². The zero-order chi connectivity index (χ0) is 22.1. The predicted octanol–water partition coefficient (Wildman–Crippen LogP) is 3.76. The number of carbonyl (C=O) groups is 1. The number of rotatable bonds is 6. The largest absolute Gasteiger partial charge is 0.381 e. The van der Waals surface area contributed by atoms with E-state index in [1.807, 2.05) is 45.9 Å². The van der Waals surface area contributed by atoms with Crippen molar-refractivity contribution in [2.45, 2.75) is 46.1 Å². The molecule has 1 heterocycles. The molecule has 3 rings (SSSR count). The van der Waals surface area contributed by atoms with Crippen molar-refractivity contribution in [1.82, 2.24) is 4.31 Å². The van der Waals surface area contributed by atoms with Gasteiger partial charge in [0.2, 0.25) is 10.0 Å². The molecule has 2 aromatic carbocycles. The van der Waals surface area contributed by atoms with Crippen molar-refractivity contribution in [3.63, 3.8) is 0 Å². The third-order valence-corrected chi connectivity index (χ3v) is 7.77. The maximum absolute atomic E-state index is 13.1. The summed E-state index contributed by atoms with van der Waals surface area (Å²) in [4.78, 5) is 12.4. The number of ether oxygens (including phenoxy) is 1. The number of morpholine rings is 1. The maximum atomic E-state index is 13.1. The summed E-state index contributed by atoms with van der Waals surface area (Å²) in [5, 5.41) is 3.35. The highest BCUT2D eigenvalue weighted by molar-refractivity contribution is 7.89. The van der Waals surface area contributed by atoms with Crippen LogP contribution in [0.1, 0.15) is 45.1 Å². The van der Waals surface area contributed by atoms with Gasteiger partial charge in [0.25, 0.3) is 0 Å². The van der Waals surface area contributed by atoms with E-state index in [0.29, 0.717) is 43.3 Å². The van der Waals surface area contributed by atoms with Crippen LogP contribution in [-0.4, -0.2) is 44.8 Å². The Kier molecular flexibility index (Phi) is 6.65. The van der Waals surface area contributed by atoms with Crippen molar-refractivity contribution in [2.24, 2.45) is 0 Å². The van der Waals surface area contributed by atoms with Gasteiger partial charge in [-0.3, -0.25) is 4.79 Å². The Labute approximate surface area is 179 Å². The van der Waals surface area contributed by atoms with E-state index in [9.17, 15) is 13.2 Å². The minimum atomic E-state index is -3.57. The SMILES string of the molecule is CC(=O)c1c(C)cc(C)c(CNc2ccc(C)c(S(=O)(=O)N3CCOCC3)c2)c1C. The molecule has 1 aliphatic rings. The zero-order valence-electron chi connectivity index (χ0n) is 18.3. The van der Waals surface area contributed by atoms with Crippen LogP contribution in [0, 0.1) is 27.7 Å². The molecular formula is C23H30N2O4S. The summed E-state index contributed by atoms with van der Waals surface area (Å²) in [6.07, 6.45) is 0. The number of nitrogens with zero attached hydrogens (tertiary/aromatic N) is 1. The molecule has 1 aliphatic heterocycles. The van der Waals surface area contributed by atoms with Crippen LogP contribution in [0.3, 0.4) is 0 Å². The monoisotopic (exact) mass is 430 g/mol. The van der Waals surface area contributed by atoms with E-state index in [1.165, 1.54) is 4.31 Å². The van der Waals surface area contributed by atoms with Gasteiger partial charge in [-0.25, -0.2) is 8.42 Å². The molecule has 7 heteroatoms. The van der Waals surface area contributed by atoms with E-state index in [2.05, 4.69) is 5.32 Å². The molecule has 0 unspecified atom stereocenters. The lowest BCUT2D eigenvalue weighted by molar-refractivity contribution is 0.0730. The van der Waals surface area contributed by atoms with Crippen LogP contribution >= 0.6 is 0 Å². The van der Waals surface area contributed by atoms with Crippen LogP contribution in [0.25, 0.3) is 0 Å². The highest BCUT2D eigenvalue weighted by Gasteiger charge is 2.28. The molecule has 0 aliphatic carbocycles. The Morgan fingerprint density at radius 2 is 1.70 bits per heavy atom. The van der Waals surface area contributed by atoms with E-state index in [4.69, 9.17) is 4.74 Å². The van der Waals surface area contributed by atoms with Crippen molar-refractivity contribution < 1.29 is 17.9 Å². The average Bonchev–Trinajstić information content (AvgIpc) is 2.68. The molecule has 0 amide bonds. The van der Waals surface area contributed by atoms with Crippen LogP contribution in [0.2, 0.25) is 0 Å². The lowest BCUT2D eigenvalue weighted by atomic mass is 9.91. The van der Waals surface area contributed by atoms with Gasteiger partial charge in [0.15, 0.2) is 5.78 Å². The van der Waals surface area contributed by atoms with Gasteiger partial charge in [-0.1, -0.05) is 12.1 Å². The highest BCUT2D eigenvalue weighted by atomic mass is 32.2. The molecule has 1 N–H and O–H groups in total. The second-order valence-corrected chi connectivity index (χ2v) is 9.80. The van der Waals surface area contributed by atoms with Gasteiger partial charge in [0, 0.05) is 30.9 Å². The third kappa shape index (κ3) is 4.43. The molecule has 0 bridgehead atoms. The molecule has 2 aromatic rings. The summed E-state index contributed by atoms with van der Waals surface area (Å²) in [7, 11) is -3.57. The van der Waals surface area contributed by atoms with E-state index < -0.39 is 10.0 Å². The summed E-state index contributed by atoms with van der Waals surface area (Å²) in [5.74, 6) is 0.0560. The third-order valence-electron chi connectivity index (χ3n) is 5.73. The Hall–Kier alpha value is -2.22. The minimum Gasteiger partial charge on any atom is -0.381 e. The van der Waals surface area contributed by atoms with Gasteiger partial charge in [-0.2, -0.15) is 4.31 Å². The van der Waals surface area contributed by atoms with Gasteiger partial charge in [0.1, 0.15) is 0 Å². The Balaban J connectivity index is 1.88. The van der Waals surface area contributed by atoms with E-state index >= 15 is 0 Å². The number of carbonyl (C=O) groups excluding carboxylic acids is 1. The van der Waals surface area contributed by atoms with Crippen molar-refractivity contribution in [1.29, 1.82) is 0 Å². The molecular weight excluding hydrogens is 400 g/mol. The normalized spacial score (nSPS) is 15.2. The second-order valence-electron chi connectivity index (χ2n) is 7.90. The van der Waals surface area contributed by atoms with Crippen LogP contribution < -0.4 is 5.32 Å². The first-order chi connectivity index (χ1) is 14.1. The molecule has 162 valence electrons. The number of Topliss-reactive ketones (excluding diaryl/α,β-unsaturated/α-hetero) is 1. The summed E-state index contributed by atoms with van der Waals surface area (Å²) in [6.45, 7) is 11.4. The summed E-state index contributed by atoms with van der Waals surface area (Å²) in [5.41, 5.74) is 6.33. The van der Waals surface area contributed by atoms with Gasteiger partial charge in [0.05, 0.1) is 18.1 Å². The number of sulfonamides is 1. The first kappa shape index (κ1) is 22.5. The van der Waals surface area contributed by atoms with Crippen molar-refractivity contribution in [3.05, 3.63) is 57.6 Å². The van der Waals surface area contributed by atoms with Crippen molar-refractivity contribution >= 4 is 21.5 Å². The standard InChI is InChI=1S/C23H30N2O4S/c1-15-6-7-20(13-22(15)30(27,28)25-8-10-29-11-9-25)24-14-21-16(2)12-17(3)23(18(21)4)19(5)26/h6-7,12-13,24H,8-11,14H2,1-5H3. The first-order valence-corrected chi connectivity index (χ1v) is 11.6. The first-order valence-electron chi connectivity index (χ1n) is 10.2. The van der Waals surface area contributed by atoms with Crippen LogP contribution in [-0.2, 0) is 21.3 Å². The minimum absolute atomic E-state index is 0.0560. The number of hydrogen-bond donors (Lipinski definition) is 1. The summed E-state index contributed by atoms with van der Waals surface area (Å²) < 4.78 is 33.0. The molecule has 6 nitrogen and oxygen atoms in total. The van der Waals surface area contributed by atoms with E-state index in [-0.39, 0.29) is 5.78 Å². The van der Waals surface area contributed by atoms with Gasteiger partial charge < -0.3 is 10.1 Å². The number of nitrogens with one attached hydrogen (secondary N) is 1. The number of benzene rings is 2. The van der Waals surface area contributed by atoms with Crippen LogP contribution in [0.4, 0.5) is 5.69 Å². The van der Waals surface area contributed by atoms with E-state index in [1.54, 1.807) is 13.0 Å². The second kappa shape index (κ2) is 8.88. The van der Waals surface area contributed by atoms with Crippen molar-refractivity contribution in [2.75, 3.05) is 31.6 Å². The quantitative estimate of drug-likeness (QED) is 0.707. The number of ketones is 1. The molecule has 0 saturated carbocycles. The highest BCUT2D eigenvalue weighted by Crippen LogP contribution is 2.27. The Morgan fingerprint density at radius 3 is 2.33 bits per heavy atom. The topological polar surface area (TPSA) is 75.7 Å². The lowest BCUT2D eigenvalue weighted by Gasteiger charge is -2.27. The fourth-order valence-electron chi connectivity index (χ4n) is 4.14. The molecule has 30 heavy (non-hydrogen) atoms. The molecule has 0 spiro atoms. The number of hydrogen-bond acceptors (Lipinski definition) is 5. The lowest BCUT2D eigenvalue weighted by Crippen LogP contribution is -2.40. The summed E-state index contributed by atoms with van der Waals surface area (Å²) >= 11 is 0. The molecule has 0 atom stereocenters. The number of anilines is 1. The molecule has 0 aromatic heterocycles. The fraction of sp³-hybridized carbons (Fsp3) is 0.435.